The van der Waals surface area contributed by atoms with Crippen LogP contribution in [0.3, 0.4) is 0 Å². The predicted molar refractivity (Wildman–Crippen MR) is 58.3 cm³/mol. The van der Waals surface area contributed by atoms with Crippen LogP contribution in [-0.2, 0) is 11.2 Å². The molecule has 0 amide bonds. The average molecular weight is 190 g/mol. The van der Waals surface area contributed by atoms with Crippen LogP contribution in [0, 0.1) is 0 Å². The maximum absolute atomic E-state index is 5.92. The molecule has 0 aliphatic heterocycles. The van der Waals surface area contributed by atoms with Crippen LogP contribution in [0.15, 0.2) is 24.3 Å². The number of hydrogen-bond acceptors (Lipinski definition) is 1. The summed E-state index contributed by atoms with van der Waals surface area (Å²) in [7, 11) is 0. The molecule has 14 heavy (non-hydrogen) atoms. The van der Waals surface area contributed by atoms with E-state index in [1.54, 1.807) is 0 Å². The Kier molecular flexibility index (Phi) is 2.87. The van der Waals surface area contributed by atoms with Crippen LogP contribution in [0.25, 0.3) is 0 Å². The van der Waals surface area contributed by atoms with Gasteiger partial charge in [0, 0.05) is 0 Å². The van der Waals surface area contributed by atoms with Gasteiger partial charge in [-0.25, -0.2) is 0 Å². The highest BCUT2D eigenvalue weighted by Crippen LogP contribution is 2.32. The minimum absolute atomic E-state index is 0.325. The number of rotatable bonds is 2. The van der Waals surface area contributed by atoms with E-state index in [0.29, 0.717) is 12.2 Å². The Hall–Kier alpha value is -0.820. The number of hydrogen-bond donors (Lipinski definition) is 0. The molecule has 0 N–H and O–H groups in total. The van der Waals surface area contributed by atoms with E-state index in [2.05, 4.69) is 38.1 Å². The van der Waals surface area contributed by atoms with E-state index in [4.69, 9.17) is 4.74 Å². The lowest BCUT2D eigenvalue weighted by Gasteiger charge is -2.27. The van der Waals surface area contributed by atoms with Gasteiger partial charge in [-0.3, -0.25) is 0 Å². The van der Waals surface area contributed by atoms with E-state index < -0.39 is 0 Å². The molecule has 0 bridgehead atoms. The van der Waals surface area contributed by atoms with Gasteiger partial charge in [-0.05, 0) is 44.2 Å². The van der Waals surface area contributed by atoms with E-state index >= 15 is 0 Å². The summed E-state index contributed by atoms with van der Waals surface area (Å²) in [5, 5.41) is 0. The van der Waals surface area contributed by atoms with E-state index in [0.717, 1.165) is 0 Å². The van der Waals surface area contributed by atoms with Gasteiger partial charge in [-0.15, -0.1) is 0 Å². The first-order chi connectivity index (χ1) is 6.77. The molecule has 0 fully saturated rings. The molecular weight excluding hydrogens is 172 g/mol. The van der Waals surface area contributed by atoms with Crippen molar-refractivity contribution in [2.45, 2.75) is 45.3 Å². The van der Waals surface area contributed by atoms with Gasteiger partial charge in [0.25, 0.3) is 0 Å². The SMILES string of the molecule is CC(C)OC1CCCc2ccccc21. The smallest absolute Gasteiger partial charge is 0.0831 e. The van der Waals surface area contributed by atoms with Crippen LogP contribution in [-0.4, -0.2) is 6.10 Å². The highest BCUT2D eigenvalue weighted by molar-refractivity contribution is 5.31. The van der Waals surface area contributed by atoms with Crippen molar-refractivity contribution in [2.24, 2.45) is 0 Å². The third kappa shape index (κ3) is 1.98. The van der Waals surface area contributed by atoms with Gasteiger partial charge in [0.2, 0.25) is 0 Å². The predicted octanol–water partition coefficient (Wildman–Crippen LogP) is 3.49. The maximum atomic E-state index is 5.92. The summed E-state index contributed by atoms with van der Waals surface area (Å²) in [5.41, 5.74) is 2.89. The molecule has 1 heteroatoms. The normalized spacial score (nSPS) is 20.9. The first-order valence-electron chi connectivity index (χ1n) is 5.50. The van der Waals surface area contributed by atoms with Gasteiger partial charge in [-0.1, -0.05) is 24.3 Å². The fraction of sp³-hybridized carbons (Fsp3) is 0.538. The van der Waals surface area contributed by atoms with Crippen LogP contribution in [0.4, 0.5) is 0 Å². The summed E-state index contributed by atoms with van der Waals surface area (Å²) in [6.45, 7) is 4.22. The number of ether oxygens (including phenoxy) is 1. The molecule has 2 rings (SSSR count). The number of aryl methyl sites for hydroxylation is 1. The molecule has 1 aliphatic carbocycles. The van der Waals surface area contributed by atoms with Gasteiger partial charge in [0.05, 0.1) is 12.2 Å². The second kappa shape index (κ2) is 4.14. The second-order valence-electron chi connectivity index (χ2n) is 4.26. The van der Waals surface area contributed by atoms with Gasteiger partial charge in [-0.2, -0.15) is 0 Å². The molecule has 0 radical (unpaired) electrons. The monoisotopic (exact) mass is 190 g/mol. The van der Waals surface area contributed by atoms with Crippen molar-refractivity contribution >= 4 is 0 Å². The van der Waals surface area contributed by atoms with Crippen LogP contribution >= 0.6 is 0 Å². The van der Waals surface area contributed by atoms with E-state index in [-0.39, 0.29) is 0 Å². The largest absolute Gasteiger partial charge is 0.371 e. The van der Waals surface area contributed by atoms with E-state index in [1.165, 1.54) is 30.4 Å². The lowest BCUT2D eigenvalue weighted by atomic mass is 9.89. The van der Waals surface area contributed by atoms with Crippen molar-refractivity contribution < 1.29 is 4.74 Å². The molecule has 0 saturated carbocycles. The summed E-state index contributed by atoms with van der Waals surface area (Å²) in [6.07, 6.45) is 4.31. The van der Waals surface area contributed by atoms with Crippen molar-refractivity contribution in [3.05, 3.63) is 35.4 Å². The Morgan fingerprint density at radius 3 is 2.86 bits per heavy atom. The van der Waals surface area contributed by atoms with Crippen molar-refractivity contribution in [3.63, 3.8) is 0 Å². The maximum Gasteiger partial charge on any atom is 0.0831 e. The highest BCUT2D eigenvalue weighted by Gasteiger charge is 2.20. The third-order valence-corrected chi connectivity index (χ3v) is 2.75. The topological polar surface area (TPSA) is 9.23 Å². The lowest BCUT2D eigenvalue weighted by molar-refractivity contribution is -0.00294. The van der Waals surface area contributed by atoms with Crippen LogP contribution in [0.5, 0.6) is 0 Å². The Morgan fingerprint density at radius 2 is 2.07 bits per heavy atom. The summed E-state index contributed by atoms with van der Waals surface area (Å²) < 4.78 is 5.92. The summed E-state index contributed by atoms with van der Waals surface area (Å²) in [6, 6.07) is 8.67. The van der Waals surface area contributed by atoms with Crippen LogP contribution in [0.2, 0.25) is 0 Å². The molecule has 1 aromatic rings. The molecule has 0 heterocycles. The number of fused-ring (bicyclic) bond motifs is 1. The summed E-state index contributed by atoms with van der Waals surface area (Å²) in [4.78, 5) is 0. The first kappa shape index (κ1) is 9.72. The summed E-state index contributed by atoms with van der Waals surface area (Å²) >= 11 is 0. The Balaban J connectivity index is 2.22. The molecule has 1 unspecified atom stereocenters. The zero-order valence-electron chi connectivity index (χ0n) is 8.99. The molecule has 0 aromatic heterocycles. The second-order valence-corrected chi connectivity index (χ2v) is 4.26. The van der Waals surface area contributed by atoms with Gasteiger partial charge < -0.3 is 4.74 Å². The third-order valence-electron chi connectivity index (χ3n) is 2.75. The summed E-state index contributed by atoms with van der Waals surface area (Å²) in [5.74, 6) is 0. The molecule has 1 aliphatic rings. The quantitative estimate of drug-likeness (QED) is 0.693. The Bertz CT molecular complexity index is 304. The molecule has 0 saturated heterocycles. The molecule has 76 valence electrons. The van der Waals surface area contributed by atoms with E-state index in [1.807, 2.05) is 0 Å². The fourth-order valence-electron chi connectivity index (χ4n) is 2.18. The Morgan fingerprint density at radius 1 is 1.29 bits per heavy atom. The Labute approximate surface area is 86.1 Å². The molecule has 1 nitrogen and oxygen atoms in total. The lowest BCUT2D eigenvalue weighted by Crippen LogP contribution is -2.16. The van der Waals surface area contributed by atoms with Crippen molar-refractivity contribution in [3.8, 4) is 0 Å². The minimum atomic E-state index is 0.325. The van der Waals surface area contributed by atoms with Gasteiger partial charge in [0.15, 0.2) is 0 Å². The van der Waals surface area contributed by atoms with Crippen LogP contribution in [0.1, 0.15) is 43.9 Å². The van der Waals surface area contributed by atoms with Gasteiger partial charge in [0.1, 0.15) is 0 Å². The molecular formula is C13H18O. The standard InChI is InChI=1S/C13H18O/c1-10(2)14-13-9-5-7-11-6-3-4-8-12(11)13/h3-4,6,8,10,13H,5,7,9H2,1-2H3. The van der Waals surface area contributed by atoms with Crippen molar-refractivity contribution in [1.29, 1.82) is 0 Å². The van der Waals surface area contributed by atoms with E-state index in [9.17, 15) is 0 Å². The first-order valence-corrected chi connectivity index (χ1v) is 5.50. The van der Waals surface area contributed by atoms with Gasteiger partial charge >= 0.3 is 0 Å². The van der Waals surface area contributed by atoms with Crippen LogP contribution < -0.4 is 0 Å². The zero-order valence-corrected chi connectivity index (χ0v) is 8.99. The number of benzene rings is 1. The molecule has 0 spiro atoms. The molecule has 1 aromatic carbocycles. The fourth-order valence-corrected chi connectivity index (χ4v) is 2.18. The average Bonchev–Trinajstić information content (AvgIpc) is 2.18. The highest BCUT2D eigenvalue weighted by atomic mass is 16.5. The minimum Gasteiger partial charge on any atom is -0.371 e. The molecule has 1 atom stereocenters. The van der Waals surface area contributed by atoms with Crippen molar-refractivity contribution in [2.75, 3.05) is 0 Å². The zero-order chi connectivity index (χ0) is 9.97. The van der Waals surface area contributed by atoms with Crippen molar-refractivity contribution in [1.82, 2.24) is 0 Å².